The van der Waals surface area contributed by atoms with E-state index in [2.05, 4.69) is 5.32 Å². The Morgan fingerprint density at radius 1 is 1.25 bits per heavy atom. The molecule has 0 saturated carbocycles. The fraction of sp³-hybridized carbons (Fsp3) is 0.571. The molecule has 0 amide bonds. The second-order valence-electron chi connectivity index (χ2n) is 5.68. The molecule has 1 aromatic rings. The third-order valence-corrected chi connectivity index (χ3v) is 6.23. The van der Waals surface area contributed by atoms with Crippen molar-refractivity contribution in [1.82, 2.24) is 9.62 Å². The van der Waals surface area contributed by atoms with E-state index in [1.165, 1.54) is 24.3 Å². The summed E-state index contributed by atoms with van der Waals surface area (Å²) in [5.74, 6) is 0. The lowest BCUT2D eigenvalue weighted by Gasteiger charge is -2.24. The van der Waals surface area contributed by atoms with Gasteiger partial charge in [0.2, 0.25) is 10.0 Å². The average molecular weight is 298 g/mol. The summed E-state index contributed by atoms with van der Waals surface area (Å²) < 4.78 is 39.2. The van der Waals surface area contributed by atoms with Gasteiger partial charge in [-0.3, -0.25) is 0 Å². The Bertz CT molecular complexity index is 580. The van der Waals surface area contributed by atoms with Crippen LogP contribution in [-0.2, 0) is 16.7 Å². The Balaban J connectivity index is 1.81. The molecule has 2 aliphatic rings. The van der Waals surface area contributed by atoms with Crippen molar-refractivity contribution in [3.05, 3.63) is 29.8 Å². The molecule has 2 saturated heterocycles. The molecule has 20 heavy (non-hydrogen) atoms. The van der Waals surface area contributed by atoms with Gasteiger partial charge >= 0.3 is 0 Å². The van der Waals surface area contributed by atoms with Crippen molar-refractivity contribution in [2.24, 2.45) is 0 Å². The van der Waals surface area contributed by atoms with E-state index in [0.29, 0.717) is 18.7 Å². The molecular weight excluding hydrogens is 279 g/mol. The normalized spacial score (nSPS) is 27.4. The van der Waals surface area contributed by atoms with Crippen LogP contribution in [0.5, 0.6) is 0 Å². The van der Waals surface area contributed by atoms with Gasteiger partial charge in [-0.15, -0.1) is 0 Å². The maximum Gasteiger partial charge on any atom is 0.243 e. The van der Waals surface area contributed by atoms with E-state index in [1.54, 1.807) is 4.31 Å². The van der Waals surface area contributed by atoms with E-state index in [9.17, 15) is 12.8 Å². The molecule has 1 unspecified atom stereocenters. The highest BCUT2D eigenvalue weighted by atomic mass is 32.2. The van der Waals surface area contributed by atoms with Crippen molar-refractivity contribution in [3.63, 3.8) is 0 Å². The van der Waals surface area contributed by atoms with E-state index in [0.717, 1.165) is 25.8 Å². The van der Waals surface area contributed by atoms with Crippen LogP contribution in [0.15, 0.2) is 29.2 Å². The summed E-state index contributed by atoms with van der Waals surface area (Å²) in [6, 6.07) is 6.06. The fourth-order valence-electron chi connectivity index (χ4n) is 3.16. The lowest BCUT2D eigenvalue weighted by molar-refractivity contribution is 0.381. The molecule has 0 aliphatic carbocycles. The molecule has 2 aliphatic heterocycles. The molecule has 2 fully saturated rings. The van der Waals surface area contributed by atoms with Crippen LogP contribution in [0.3, 0.4) is 0 Å². The summed E-state index contributed by atoms with van der Waals surface area (Å²) in [6.07, 6.45) is 3.02. The molecule has 0 radical (unpaired) electrons. The van der Waals surface area contributed by atoms with Crippen molar-refractivity contribution in [1.29, 1.82) is 0 Å². The van der Waals surface area contributed by atoms with Gasteiger partial charge in [-0.1, -0.05) is 12.1 Å². The van der Waals surface area contributed by atoms with E-state index < -0.39 is 16.7 Å². The number of hydrogen-bond donors (Lipinski definition) is 1. The summed E-state index contributed by atoms with van der Waals surface area (Å²) in [7, 11) is -3.46. The first kappa shape index (κ1) is 14.0. The van der Waals surface area contributed by atoms with Crippen molar-refractivity contribution in [3.8, 4) is 0 Å². The molecule has 0 aromatic heterocycles. The minimum atomic E-state index is -3.46. The molecule has 1 spiro atoms. The van der Waals surface area contributed by atoms with Crippen molar-refractivity contribution < 1.29 is 12.8 Å². The van der Waals surface area contributed by atoms with Gasteiger partial charge in [0.25, 0.3) is 0 Å². The Labute approximate surface area is 119 Å². The molecule has 1 aromatic carbocycles. The number of nitrogens with zero attached hydrogens (tertiary/aromatic N) is 1. The number of sulfonamides is 1. The van der Waals surface area contributed by atoms with Gasteiger partial charge < -0.3 is 5.32 Å². The van der Waals surface area contributed by atoms with Crippen LogP contribution in [0.25, 0.3) is 0 Å². The highest BCUT2D eigenvalue weighted by Crippen LogP contribution is 2.33. The molecule has 3 rings (SSSR count). The Morgan fingerprint density at radius 3 is 2.60 bits per heavy atom. The smallest absolute Gasteiger partial charge is 0.243 e. The number of alkyl halides is 1. The van der Waals surface area contributed by atoms with Crippen LogP contribution in [0.2, 0.25) is 0 Å². The molecule has 0 bridgehead atoms. The van der Waals surface area contributed by atoms with Gasteiger partial charge in [-0.05, 0) is 43.5 Å². The molecule has 110 valence electrons. The van der Waals surface area contributed by atoms with Gasteiger partial charge in [-0.25, -0.2) is 12.8 Å². The predicted octanol–water partition coefficient (Wildman–Crippen LogP) is 1.67. The van der Waals surface area contributed by atoms with Crippen molar-refractivity contribution in [2.45, 2.75) is 36.4 Å². The Kier molecular flexibility index (Phi) is 3.56. The van der Waals surface area contributed by atoms with Gasteiger partial charge in [0.15, 0.2) is 0 Å². The van der Waals surface area contributed by atoms with Crippen LogP contribution < -0.4 is 5.32 Å². The monoisotopic (exact) mass is 298 g/mol. The zero-order chi connectivity index (χ0) is 14.2. The Hall–Kier alpha value is -0.980. The van der Waals surface area contributed by atoms with Crippen LogP contribution in [0, 0.1) is 0 Å². The second-order valence-corrected chi connectivity index (χ2v) is 7.61. The maximum absolute atomic E-state index is 12.6. The van der Waals surface area contributed by atoms with E-state index in [1.807, 2.05) is 0 Å². The fourth-order valence-corrected chi connectivity index (χ4v) is 4.68. The summed E-state index contributed by atoms with van der Waals surface area (Å²) in [6.45, 7) is 1.50. The number of halogens is 1. The first-order chi connectivity index (χ1) is 9.56. The molecule has 1 N–H and O–H groups in total. The maximum atomic E-state index is 12.6. The molecular formula is C14H19FN2O2S. The topological polar surface area (TPSA) is 49.4 Å². The zero-order valence-corrected chi connectivity index (χ0v) is 12.1. The second kappa shape index (κ2) is 5.09. The predicted molar refractivity (Wildman–Crippen MR) is 74.6 cm³/mol. The standard InChI is InChI=1S/C14H19FN2O2S/c15-10-12-2-4-13(5-3-12)20(18,19)17-9-7-14(11-17)6-1-8-16-14/h2-5,16H,1,6-11H2. The summed E-state index contributed by atoms with van der Waals surface area (Å²) in [5, 5.41) is 3.45. The van der Waals surface area contributed by atoms with E-state index in [-0.39, 0.29) is 10.4 Å². The Morgan fingerprint density at radius 2 is 2.00 bits per heavy atom. The first-order valence-corrected chi connectivity index (χ1v) is 8.40. The van der Waals surface area contributed by atoms with Crippen LogP contribution >= 0.6 is 0 Å². The lowest BCUT2D eigenvalue weighted by Crippen LogP contribution is -2.43. The lowest BCUT2D eigenvalue weighted by atomic mass is 9.97. The van der Waals surface area contributed by atoms with Crippen LogP contribution in [0.1, 0.15) is 24.8 Å². The average Bonchev–Trinajstić information content (AvgIpc) is 3.10. The summed E-state index contributed by atoms with van der Waals surface area (Å²) in [5.41, 5.74) is 0.477. The summed E-state index contributed by atoms with van der Waals surface area (Å²) >= 11 is 0. The van der Waals surface area contributed by atoms with Gasteiger partial charge in [-0.2, -0.15) is 4.31 Å². The van der Waals surface area contributed by atoms with Gasteiger partial charge in [0, 0.05) is 18.6 Å². The molecule has 6 heteroatoms. The molecule has 4 nitrogen and oxygen atoms in total. The van der Waals surface area contributed by atoms with Gasteiger partial charge in [0.1, 0.15) is 6.67 Å². The number of rotatable bonds is 3. The molecule has 1 atom stereocenters. The third kappa shape index (κ3) is 2.36. The van der Waals surface area contributed by atoms with Gasteiger partial charge in [0.05, 0.1) is 4.90 Å². The van der Waals surface area contributed by atoms with Crippen LogP contribution in [0.4, 0.5) is 4.39 Å². The number of nitrogens with one attached hydrogen (secondary N) is 1. The van der Waals surface area contributed by atoms with E-state index in [4.69, 9.17) is 0 Å². The summed E-state index contributed by atoms with van der Waals surface area (Å²) in [4.78, 5) is 0.254. The number of hydrogen-bond acceptors (Lipinski definition) is 3. The minimum absolute atomic E-state index is 0.0219. The highest BCUT2D eigenvalue weighted by Gasteiger charge is 2.44. The SMILES string of the molecule is O=S(=O)(c1ccc(CF)cc1)N1CCC2(CCCN2)C1. The quantitative estimate of drug-likeness (QED) is 0.923. The highest BCUT2D eigenvalue weighted by molar-refractivity contribution is 7.89. The minimum Gasteiger partial charge on any atom is -0.310 e. The van der Waals surface area contributed by atoms with Crippen molar-refractivity contribution in [2.75, 3.05) is 19.6 Å². The third-order valence-electron chi connectivity index (χ3n) is 4.37. The molecule has 2 heterocycles. The first-order valence-electron chi connectivity index (χ1n) is 6.96. The van der Waals surface area contributed by atoms with Crippen molar-refractivity contribution >= 4 is 10.0 Å². The van der Waals surface area contributed by atoms with E-state index >= 15 is 0 Å². The largest absolute Gasteiger partial charge is 0.310 e. The number of benzene rings is 1. The van der Waals surface area contributed by atoms with Crippen LogP contribution in [-0.4, -0.2) is 37.9 Å². The zero-order valence-electron chi connectivity index (χ0n) is 11.3.